The second-order valence-electron chi connectivity index (χ2n) is 5.86. The number of carboxylic acids is 1. The summed E-state index contributed by atoms with van der Waals surface area (Å²) in [5.41, 5.74) is 1.90. The topological polar surface area (TPSA) is 137 Å². The molecule has 3 rings (SSSR count). The van der Waals surface area contributed by atoms with Crippen LogP contribution in [0.15, 0.2) is 0 Å². The smallest absolute Gasteiger partial charge is 0.335 e. The van der Waals surface area contributed by atoms with Gasteiger partial charge >= 0.3 is 5.97 Å². The van der Waals surface area contributed by atoms with Crippen molar-refractivity contribution in [3.8, 4) is 0 Å². The summed E-state index contributed by atoms with van der Waals surface area (Å²) in [5.74, 6) is -0.741. The van der Waals surface area contributed by atoms with Gasteiger partial charge in [-0.05, 0) is 26.2 Å². The number of nitrogens with one attached hydrogen (secondary N) is 1. The minimum absolute atomic E-state index is 0.620. The molecule has 1 aliphatic carbocycles. The largest absolute Gasteiger partial charge is 0.479 e. The fourth-order valence-electron chi connectivity index (χ4n) is 3.22. The molecule has 2 aliphatic rings. The van der Waals surface area contributed by atoms with E-state index in [-0.39, 0.29) is 0 Å². The van der Waals surface area contributed by atoms with E-state index in [9.17, 15) is 20.1 Å². The lowest BCUT2D eigenvalue weighted by molar-refractivity contribution is -0.248. The quantitative estimate of drug-likeness (QED) is 0.503. The Hall–Kier alpha value is -1.68. The molecular weight excluding hydrogens is 330 g/mol. The van der Waals surface area contributed by atoms with Crippen LogP contribution >= 0.6 is 0 Å². The Morgan fingerprint density at radius 3 is 2.52 bits per heavy atom. The van der Waals surface area contributed by atoms with Crippen LogP contribution < -0.4 is 5.32 Å². The lowest BCUT2D eigenvalue weighted by atomic mass is 9.98. The second kappa shape index (κ2) is 8.13. The standard InChI is InChI=1S/C14H21N3O6.C2H6/c1-2-15-12-6-4-3-5-7(6)16-17(12)13-10(20)8(18)9(19)11(23-13)14(21)22;1-2/h8-11,13,15,18-20H,2-5H2,1H3,(H,21,22);1-2H3/t8-,9-,10+,11-,13?;/m0./s1. The van der Waals surface area contributed by atoms with Gasteiger partial charge in [0.2, 0.25) is 0 Å². The molecule has 1 fully saturated rings. The maximum absolute atomic E-state index is 11.2. The van der Waals surface area contributed by atoms with Crippen LogP contribution in [0.2, 0.25) is 0 Å². The molecule has 1 aliphatic heterocycles. The van der Waals surface area contributed by atoms with Crippen LogP contribution in [-0.4, -0.2) is 67.1 Å². The summed E-state index contributed by atoms with van der Waals surface area (Å²) in [5, 5.41) is 46.7. The van der Waals surface area contributed by atoms with Crippen molar-refractivity contribution in [3.63, 3.8) is 0 Å². The van der Waals surface area contributed by atoms with Crippen molar-refractivity contribution in [2.75, 3.05) is 11.9 Å². The number of aliphatic hydroxyl groups excluding tert-OH is 3. The van der Waals surface area contributed by atoms with Crippen molar-refractivity contribution >= 4 is 11.8 Å². The molecule has 0 amide bonds. The average molecular weight is 357 g/mol. The van der Waals surface area contributed by atoms with Gasteiger partial charge in [0.25, 0.3) is 0 Å². The van der Waals surface area contributed by atoms with Crippen LogP contribution in [0.25, 0.3) is 0 Å². The Morgan fingerprint density at radius 1 is 1.24 bits per heavy atom. The normalized spacial score (nSPS) is 31.0. The number of nitrogens with zero attached hydrogens (tertiary/aromatic N) is 2. The van der Waals surface area contributed by atoms with Crippen LogP contribution in [0.5, 0.6) is 0 Å². The van der Waals surface area contributed by atoms with E-state index in [4.69, 9.17) is 9.84 Å². The van der Waals surface area contributed by atoms with Gasteiger partial charge in [-0.1, -0.05) is 13.8 Å². The number of anilines is 1. The molecule has 1 aromatic heterocycles. The van der Waals surface area contributed by atoms with Crippen molar-refractivity contribution in [1.29, 1.82) is 0 Å². The molecule has 9 heteroatoms. The van der Waals surface area contributed by atoms with E-state index in [0.29, 0.717) is 12.4 Å². The summed E-state index contributed by atoms with van der Waals surface area (Å²) >= 11 is 0. The van der Waals surface area contributed by atoms with Gasteiger partial charge in [0.1, 0.15) is 24.1 Å². The summed E-state index contributed by atoms with van der Waals surface area (Å²) in [6.07, 6.45) is -5.01. The van der Waals surface area contributed by atoms with Crippen molar-refractivity contribution in [2.45, 2.75) is 70.7 Å². The highest BCUT2D eigenvalue weighted by molar-refractivity contribution is 5.73. The molecule has 2 heterocycles. The fourth-order valence-corrected chi connectivity index (χ4v) is 3.22. The van der Waals surface area contributed by atoms with Crippen molar-refractivity contribution in [1.82, 2.24) is 9.78 Å². The van der Waals surface area contributed by atoms with Crippen LogP contribution in [0.4, 0.5) is 5.82 Å². The molecule has 0 bridgehead atoms. The first-order valence-corrected chi connectivity index (χ1v) is 8.72. The lowest BCUT2D eigenvalue weighted by Crippen LogP contribution is -2.58. The monoisotopic (exact) mass is 357 g/mol. The predicted octanol–water partition coefficient (Wildman–Crippen LogP) is -0.106. The van der Waals surface area contributed by atoms with E-state index in [2.05, 4.69) is 10.4 Å². The number of fused-ring (bicyclic) bond motifs is 1. The number of hydrogen-bond acceptors (Lipinski definition) is 7. The minimum Gasteiger partial charge on any atom is -0.479 e. The molecule has 0 aromatic carbocycles. The Kier molecular flexibility index (Phi) is 6.39. The molecular formula is C16H27N3O6. The number of hydrogen-bond donors (Lipinski definition) is 5. The summed E-state index contributed by atoms with van der Waals surface area (Å²) in [7, 11) is 0. The van der Waals surface area contributed by atoms with E-state index in [1.54, 1.807) is 0 Å². The van der Waals surface area contributed by atoms with Crippen LogP contribution in [0, 0.1) is 0 Å². The Bertz CT molecular complexity index is 605. The number of aliphatic hydroxyl groups is 3. The van der Waals surface area contributed by atoms with Gasteiger partial charge in [0.05, 0.1) is 5.69 Å². The molecule has 5 N–H and O–H groups in total. The van der Waals surface area contributed by atoms with Crippen LogP contribution in [-0.2, 0) is 22.4 Å². The highest BCUT2D eigenvalue weighted by Crippen LogP contribution is 2.35. The highest BCUT2D eigenvalue weighted by atomic mass is 16.6. The molecule has 1 unspecified atom stereocenters. The van der Waals surface area contributed by atoms with Crippen molar-refractivity contribution in [3.05, 3.63) is 11.3 Å². The van der Waals surface area contributed by atoms with E-state index >= 15 is 0 Å². The third-order valence-corrected chi connectivity index (χ3v) is 4.35. The molecule has 25 heavy (non-hydrogen) atoms. The summed E-state index contributed by atoms with van der Waals surface area (Å²) in [6, 6.07) is 0. The zero-order chi connectivity index (χ0) is 18.7. The molecule has 0 spiro atoms. The van der Waals surface area contributed by atoms with Crippen molar-refractivity contribution in [2.24, 2.45) is 0 Å². The number of rotatable bonds is 4. The third-order valence-electron chi connectivity index (χ3n) is 4.35. The fraction of sp³-hybridized carbons (Fsp3) is 0.750. The SMILES string of the molecule is CC.CCNc1c2c(nn1C1O[C@H](C(=O)O)[C@@H](O)[C@H](O)[C@H]1O)CCC2. The number of ether oxygens (including phenoxy) is 1. The van der Waals surface area contributed by atoms with Gasteiger partial charge in [0, 0.05) is 12.1 Å². The van der Waals surface area contributed by atoms with Gasteiger partial charge in [-0.25, -0.2) is 9.48 Å². The highest BCUT2D eigenvalue weighted by Gasteiger charge is 2.48. The van der Waals surface area contributed by atoms with Crippen LogP contribution in [0.3, 0.4) is 0 Å². The van der Waals surface area contributed by atoms with Gasteiger partial charge in [-0.2, -0.15) is 5.10 Å². The summed E-state index contributed by atoms with van der Waals surface area (Å²) < 4.78 is 6.75. The van der Waals surface area contributed by atoms with Gasteiger partial charge in [0.15, 0.2) is 12.3 Å². The van der Waals surface area contributed by atoms with E-state index < -0.39 is 36.6 Å². The third kappa shape index (κ3) is 3.50. The number of aliphatic carboxylic acids is 1. The molecule has 1 saturated heterocycles. The van der Waals surface area contributed by atoms with Crippen LogP contribution in [0.1, 0.15) is 44.7 Å². The van der Waals surface area contributed by atoms with Gasteiger partial charge in [-0.15, -0.1) is 0 Å². The number of aromatic nitrogens is 2. The molecule has 5 atom stereocenters. The minimum atomic E-state index is -1.70. The first-order chi connectivity index (χ1) is 12.0. The second-order valence-corrected chi connectivity index (χ2v) is 5.86. The summed E-state index contributed by atoms with van der Waals surface area (Å²) in [4.78, 5) is 11.2. The Labute approximate surface area is 146 Å². The van der Waals surface area contributed by atoms with E-state index in [0.717, 1.165) is 30.5 Å². The van der Waals surface area contributed by atoms with Gasteiger partial charge in [-0.3, -0.25) is 0 Å². The molecule has 1 aromatic rings. The lowest BCUT2D eigenvalue weighted by Gasteiger charge is -2.39. The summed E-state index contributed by atoms with van der Waals surface area (Å²) in [6.45, 7) is 6.53. The maximum atomic E-state index is 11.2. The number of carbonyl (C=O) groups is 1. The predicted molar refractivity (Wildman–Crippen MR) is 89.3 cm³/mol. The van der Waals surface area contributed by atoms with E-state index in [1.807, 2.05) is 20.8 Å². The van der Waals surface area contributed by atoms with Crippen molar-refractivity contribution < 1.29 is 30.0 Å². The zero-order valence-electron chi connectivity index (χ0n) is 14.7. The number of aryl methyl sites for hydroxylation is 1. The Balaban J connectivity index is 0.00000109. The maximum Gasteiger partial charge on any atom is 0.335 e. The molecule has 142 valence electrons. The average Bonchev–Trinajstić information content (AvgIpc) is 3.17. The molecule has 0 radical (unpaired) electrons. The number of carboxylic acid groups (broad SMARTS) is 1. The molecule has 0 saturated carbocycles. The first-order valence-electron chi connectivity index (χ1n) is 8.72. The Morgan fingerprint density at radius 2 is 1.92 bits per heavy atom. The van der Waals surface area contributed by atoms with Gasteiger partial charge < -0.3 is 30.5 Å². The zero-order valence-corrected chi connectivity index (χ0v) is 14.7. The molecule has 9 nitrogen and oxygen atoms in total. The first kappa shape index (κ1) is 19.6. The van der Waals surface area contributed by atoms with E-state index in [1.165, 1.54) is 4.68 Å².